The first kappa shape index (κ1) is 14.7. The summed E-state index contributed by atoms with van der Waals surface area (Å²) < 4.78 is 13.2. The fraction of sp³-hybridized carbons (Fsp3) is 0.125. The van der Waals surface area contributed by atoms with E-state index >= 15 is 0 Å². The van der Waals surface area contributed by atoms with E-state index in [1.807, 2.05) is 0 Å². The maximum Gasteiger partial charge on any atom is 0.255 e. The normalized spacial score (nSPS) is 11.3. The zero-order valence-electron chi connectivity index (χ0n) is 11.7. The minimum atomic E-state index is -0.344. The Hall–Kier alpha value is -2.69. The third-order valence-corrected chi connectivity index (χ3v) is 3.11. The van der Waals surface area contributed by atoms with Gasteiger partial charge >= 0.3 is 0 Å². The van der Waals surface area contributed by atoms with Crippen LogP contribution in [0.5, 0.6) is 0 Å². The molecule has 0 heterocycles. The van der Waals surface area contributed by atoms with Crippen LogP contribution < -0.4 is 5.32 Å². The molecular weight excluding hydrogens is 271 g/mol. The standard InChI is InChI=1S/C16H15FN2O2/c1-10-8-13(6-7-15(10)17)16(20)18-14-5-3-4-12(9-14)11(2)19-21/h3-9,21H,1-2H3,(H,18,20). The molecule has 0 saturated carbocycles. The summed E-state index contributed by atoms with van der Waals surface area (Å²) in [5.74, 6) is -0.669. The van der Waals surface area contributed by atoms with Gasteiger partial charge in [0.25, 0.3) is 5.91 Å². The van der Waals surface area contributed by atoms with Crippen molar-refractivity contribution in [2.24, 2.45) is 5.16 Å². The number of nitrogens with zero attached hydrogens (tertiary/aromatic N) is 1. The van der Waals surface area contributed by atoms with Crippen LogP contribution in [-0.2, 0) is 0 Å². The molecule has 0 spiro atoms. The SMILES string of the molecule is CC(=NO)c1cccc(NC(=O)c2ccc(F)c(C)c2)c1. The lowest BCUT2D eigenvalue weighted by Crippen LogP contribution is -2.12. The van der Waals surface area contributed by atoms with E-state index in [2.05, 4.69) is 10.5 Å². The minimum absolute atomic E-state index is 0.325. The molecule has 2 aromatic carbocycles. The molecule has 5 heteroatoms. The van der Waals surface area contributed by atoms with Crippen LogP contribution in [0.2, 0.25) is 0 Å². The van der Waals surface area contributed by atoms with Crippen molar-refractivity contribution in [1.82, 2.24) is 0 Å². The van der Waals surface area contributed by atoms with E-state index in [1.165, 1.54) is 18.2 Å². The Morgan fingerprint density at radius 3 is 2.62 bits per heavy atom. The zero-order valence-corrected chi connectivity index (χ0v) is 11.7. The summed E-state index contributed by atoms with van der Waals surface area (Å²) in [5, 5.41) is 14.6. The number of rotatable bonds is 3. The first-order chi connectivity index (χ1) is 10.0. The Morgan fingerprint density at radius 1 is 1.19 bits per heavy atom. The third kappa shape index (κ3) is 3.45. The monoisotopic (exact) mass is 286 g/mol. The van der Waals surface area contributed by atoms with Crippen LogP contribution in [0.15, 0.2) is 47.6 Å². The number of carbonyl (C=O) groups excluding carboxylic acids is 1. The first-order valence-corrected chi connectivity index (χ1v) is 6.38. The number of oxime groups is 1. The largest absolute Gasteiger partial charge is 0.411 e. The fourth-order valence-corrected chi connectivity index (χ4v) is 1.87. The Bertz CT molecular complexity index is 711. The summed E-state index contributed by atoms with van der Waals surface area (Å²) in [6, 6.07) is 11.1. The van der Waals surface area contributed by atoms with E-state index in [9.17, 15) is 9.18 Å². The Balaban J connectivity index is 2.21. The number of halogens is 1. The first-order valence-electron chi connectivity index (χ1n) is 6.38. The number of hydrogen-bond acceptors (Lipinski definition) is 3. The molecule has 0 bridgehead atoms. The number of hydrogen-bond donors (Lipinski definition) is 2. The molecule has 21 heavy (non-hydrogen) atoms. The van der Waals surface area contributed by atoms with E-state index in [0.717, 1.165) is 0 Å². The zero-order chi connectivity index (χ0) is 15.4. The highest BCUT2D eigenvalue weighted by Crippen LogP contribution is 2.15. The molecule has 0 aromatic heterocycles. The van der Waals surface area contributed by atoms with E-state index < -0.39 is 0 Å². The van der Waals surface area contributed by atoms with Gasteiger partial charge in [-0.25, -0.2) is 4.39 Å². The third-order valence-electron chi connectivity index (χ3n) is 3.11. The van der Waals surface area contributed by atoms with Gasteiger partial charge < -0.3 is 10.5 Å². The van der Waals surface area contributed by atoms with Gasteiger partial charge in [0.15, 0.2) is 0 Å². The molecule has 2 N–H and O–H groups in total. The second-order valence-electron chi connectivity index (χ2n) is 4.68. The second kappa shape index (κ2) is 6.17. The lowest BCUT2D eigenvalue weighted by atomic mass is 10.1. The van der Waals surface area contributed by atoms with E-state index in [4.69, 9.17) is 5.21 Å². The average molecular weight is 286 g/mol. The van der Waals surface area contributed by atoms with E-state index in [0.29, 0.717) is 28.1 Å². The van der Waals surface area contributed by atoms with E-state index in [1.54, 1.807) is 38.1 Å². The van der Waals surface area contributed by atoms with Crippen LogP contribution >= 0.6 is 0 Å². The molecule has 0 radical (unpaired) electrons. The lowest BCUT2D eigenvalue weighted by Gasteiger charge is -2.08. The molecule has 1 amide bonds. The smallest absolute Gasteiger partial charge is 0.255 e. The van der Waals surface area contributed by atoms with Crippen molar-refractivity contribution >= 4 is 17.3 Å². The van der Waals surface area contributed by atoms with Gasteiger partial charge in [-0.15, -0.1) is 0 Å². The molecule has 2 rings (SSSR count). The summed E-state index contributed by atoms with van der Waals surface area (Å²) in [6.45, 7) is 3.26. The summed E-state index contributed by atoms with van der Waals surface area (Å²) >= 11 is 0. The summed E-state index contributed by atoms with van der Waals surface area (Å²) in [7, 11) is 0. The summed E-state index contributed by atoms with van der Waals surface area (Å²) in [5.41, 5.74) is 2.52. The maximum absolute atomic E-state index is 13.2. The number of amides is 1. The molecular formula is C16H15FN2O2. The minimum Gasteiger partial charge on any atom is -0.411 e. The summed E-state index contributed by atoms with van der Waals surface area (Å²) in [6.07, 6.45) is 0. The Morgan fingerprint density at radius 2 is 1.95 bits per heavy atom. The van der Waals surface area contributed by atoms with Crippen molar-refractivity contribution < 1.29 is 14.4 Å². The van der Waals surface area contributed by atoms with Crippen molar-refractivity contribution in [3.8, 4) is 0 Å². The van der Waals surface area contributed by atoms with Gasteiger partial charge in [-0.2, -0.15) is 0 Å². The van der Waals surface area contributed by atoms with Crippen LogP contribution in [0.3, 0.4) is 0 Å². The fourth-order valence-electron chi connectivity index (χ4n) is 1.87. The number of carbonyl (C=O) groups is 1. The van der Waals surface area contributed by atoms with Gasteiger partial charge in [0.1, 0.15) is 5.82 Å². The predicted octanol–water partition coefficient (Wildman–Crippen LogP) is 3.58. The quantitative estimate of drug-likeness (QED) is 0.514. The summed E-state index contributed by atoms with van der Waals surface area (Å²) in [4.78, 5) is 12.1. The molecule has 0 saturated heterocycles. The van der Waals surface area contributed by atoms with Gasteiger partial charge in [0.05, 0.1) is 5.71 Å². The Labute approximate surface area is 121 Å². The van der Waals surface area contributed by atoms with E-state index in [-0.39, 0.29) is 11.7 Å². The molecule has 108 valence electrons. The van der Waals surface area contributed by atoms with Crippen molar-refractivity contribution in [3.63, 3.8) is 0 Å². The van der Waals surface area contributed by atoms with Gasteiger partial charge in [0.2, 0.25) is 0 Å². The van der Waals surface area contributed by atoms with Crippen molar-refractivity contribution in [3.05, 3.63) is 65.0 Å². The van der Waals surface area contributed by atoms with Crippen LogP contribution in [0.1, 0.15) is 28.4 Å². The molecule has 0 aliphatic heterocycles. The van der Waals surface area contributed by atoms with Crippen LogP contribution in [0, 0.1) is 12.7 Å². The number of nitrogens with one attached hydrogen (secondary N) is 1. The molecule has 0 aliphatic rings. The van der Waals surface area contributed by atoms with Gasteiger partial charge in [-0.3, -0.25) is 4.79 Å². The van der Waals surface area contributed by atoms with Crippen LogP contribution in [0.4, 0.5) is 10.1 Å². The molecule has 2 aromatic rings. The molecule has 4 nitrogen and oxygen atoms in total. The highest BCUT2D eigenvalue weighted by Gasteiger charge is 2.09. The van der Waals surface area contributed by atoms with Crippen molar-refractivity contribution in [2.75, 3.05) is 5.32 Å². The molecule has 0 aliphatic carbocycles. The highest BCUT2D eigenvalue weighted by atomic mass is 19.1. The molecule has 0 fully saturated rings. The number of benzene rings is 2. The number of anilines is 1. The van der Waals surface area contributed by atoms with Gasteiger partial charge in [-0.05, 0) is 49.7 Å². The van der Waals surface area contributed by atoms with Crippen molar-refractivity contribution in [1.29, 1.82) is 0 Å². The van der Waals surface area contributed by atoms with Crippen molar-refractivity contribution in [2.45, 2.75) is 13.8 Å². The molecule has 0 unspecified atom stereocenters. The Kier molecular flexibility index (Phi) is 4.33. The van der Waals surface area contributed by atoms with Crippen LogP contribution in [0.25, 0.3) is 0 Å². The van der Waals surface area contributed by atoms with Gasteiger partial charge in [0, 0.05) is 16.8 Å². The van der Waals surface area contributed by atoms with Crippen LogP contribution in [-0.4, -0.2) is 16.8 Å². The topological polar surface area (TPSA) is 61.7 Å². The average Bonchev–Trinajstić information content (AvgIpc) is 2.49. The lowest BCUT2D eigenvalue weighted by molar-refractivity contribution is 0.102. The predicted molar refractivity (Wildman–Crippen MR) is 79.5 cm³/mol. The highest BCUT2D eigenvalue weighted by molar-refractivity contribution is 6.05. The maximum atomic E-state index is 13.2. The second-order valence-corrected chi connectivity index (χ2v) is 4.68. The number of aryl methyl sites for hydroxylation is 1. The van der Waals surface area contributed by atoms with Gasteiger partial charge in [-0.1, -0.05) is 17.3 Å². The molecule has 0 atom stereocenters.